The molecule has 0 aromatic heterocycles. The average molecular weight is 355 g/mol. The zero-order chi connectivity index (χ0) is 16.8. The Hall–Kier alpha value is -1.72. The highest BCUT2D eigenvalue weighted by atomic mass is 35.5. The van der Waals surface area contributed by atoms with E-state index in [0.717, 1.165) is 12.1 Å². The van der Waals surface area contributed by atoms with E-state index in [-0.39, 0.29) is 31.0 Å². The predicted molar refractivity (Wildman–Crippen MR) is 99.1 cm³/mol. The topological polar surface area (TPSA) is 50.8 Å². The number of allylic oxidation sites excluding steroid dienone is 1. The molecule has 134 valence electrons. The van der Waals surface area contributed by atoms with Gasteiger partial charge in [-0.25, -0.2) is 0 Å². The first-order chi connectivity index (χ1) is 11.1. The average Bonchev–Trinajstić information content (AvgIpc) is 2.56. The molecule has 1 amide bonds. The van der Waals surface area contributed by atoms with Crippen LogP contribution in [0, 0.1) is 0 Å². The standard InChI is InChI=1S/C18H26N2O3.ClH/c1-5-6-15-7-8-16(17(11-15)22-4)23-12-18(21)20-10-9-19-13(2)14(20)3;/h5-8,11,13-14,19H,9-10,12H2,1-4H3;1H/b6-5+;. The molecule has 0 bridgehead atoms. The van der Waals surface area contributed by atoms with Crippen LogP contribution >= 0.6 is 12.4 Å². The lowest BCUT2D eigenvalue weighted by Crippen LogP contribution is -2.58. The minimum absolute atomic E-state index is 0. The molecule has 2 unspecified atom stereocenters. The van der Waals surface area contributed by atoms with Crippen molar-refractivity contribution >= 4 is 24.4 Å². The largest absolute Gasteiger partial charge is 0.493 e. The third kappa shape index (κ3) is 4.89. The van der Waals surface area contributed by atoms with Crippen LogP contribution in [-0.4, -0.2) is 49.7 Å². The summed E-state index contributed by atoms with van der Waals surface area (Å²) < 4.78 is 11.1. The highest BCUT2D eigenvalue weighted by Crippen LogP contribution is 2.28. The van der Waals surface area contributed by atoms with Crippen LogP contribution < -0.4 is 14.8 Å². The summed E-state index contributed by atoms with van der Waals surface area (Å²) in [6, 6.07) is 6.14. The minimum Gasteiger partial charge on any atom is -0.493 e. The summed E-state index contributed by atoms with van der Waals surface area (Å²) in [6.45, 7) is 7.67. The van der Waals surface area contributed by atoms with Gasteiger partial charge < -0.3 is 19.7 Å². The zero-order valence-electron chi connectivity index (χ0n) is 14.7. The van der Waals surface area contributed by atoms with Crippen LogP contribution in [0.4, 0.5) is 0 Å². The van der Waals surface area contributed by atoms with Gasteiger partial charge >= 0.3 is 0 Å². The number of rotatable bonds is 5. The van der Waals surface area contributed by atoms with E-state index < -0.39 is 0 Å². The molecule has 1 aromatic carbocycles. The summed E-state index contributed by atoms with van der Waals surface area (Å²) in [5.41, 5.74) is 1.03. The van der Waals surface area contributed by atoms with Gasteiger partial charge in [0.1, 0.15) is 0 Å². The quantitative estimate of drug-likeness (QED) is 0.883. The first-order valence-corrected chi connectivity index (χ1v) is 8.03. The van der Waals surface area contributed by atoms with Crippen molar-refractivity contribution in [3.63, 3.8) is 0 Å². The Balaban J connectivity index is 0.00000288. The molecule has 1 aromatic rings. The van der Waals surface area contributed by atoms with E-state index in [2.05, 4.69) is 19.2 Å². The normalized spacial score (nSPS) is 20.6. The second-order valence-corrected chi connectivity index (χ2v) is 5.77. The molecule has 1 saturated heterocycles. The molecule has 1 heterocycles. The molecule has 6 heteroatoms. The van der Waals surface area contributed by atoms with Gasteiger partial charge in [-0.15, -0.1) is 12.4 Å². The highest BCUT2D eigenvalue weighted by molar-refractivity contribution is 5.85. The number of methoxy groups -OCH3 is 1. The van der Waals surface area contributed by atoms with Crippen LogP contribution in [0.15, 0.2) is 24.3 Å². The van der Waals surface area contributed by atoms with Crippen LogP contribution in [0.5, 0.6) is 11.5 Å². The third-order valence-corrected chi connectivity index (χ3v) is 4.25. The smallest absolute Gasteiger partial charge is 0.260 e. The van der Waals surface area contributed by atoms with Gasteiger partial charge in [0.2, 0.25) is 0 Å². The van der Waals surface area contributed by atoms with Gasteiger partial charge in [0.05, 0.1) is 7.11 Å². The summed E-state index contributed by atoms with van der Waals surface area (Å²) in [5.74, 6) is 1.23. The molecule has 1 fully saturated rings. The van der Waals surface area contributed by atoms with Gasteiger partial charge in [-0.2, -0.15) is 0 Å². The van der Waals surface area contributed by atoms with Crippen molar-refractivity contribution in [1.29, 1.82) is 0 Å². The molecule has 2 atom stereocenters. The Labute approximate surface area is 150 Å². The van der Waals surface area contributed by atoms with Gasteiger partial charge in [-0.3, -0.25) is 4.79 Å². The Morgan fingerprint density at radius 3 is 2.79 bits per heavy atom. The molecule has 0 spiro atoms. The molecule has 2 rings (SSSR count). The Bertz CT molecular complexity index is 577. The summed E-state index contributed by atoms with van der Waals surface area (Å²) in [5, 5.41) is 3.37. The van der Waals surface area contributed by atoms with Crippen molar-refractivity contribution in [2.75, 3.05) is 26.8 Å². The second-order valence-electron chi connectivity index (χ2n) is 5.77. The number of benzene rings is 1. The lowest BCUT2D eigenvalue weighted by atomic mass is 10.1. The summed E-state index contributed by atoms with van der Waals surface area (Å²) in [7, 11) is 1.60. The molecule has 24 heavy (non-hydrogen) atoms. The van der Waals surface area contributed by atoms with Gasteiger partial charge in [-0.05, 0) is 38.5 Å². The third-order valence-electron chi connectivity index (χ3n) is 4.25. The van der Waals surface area contributed by atoms with Crippen molar-refractivity contribution in [1.82, 2.24) is 10.2 Å². The number of ether oxygens (including phenoxy) is 2. The monoisotopic (exact) mass is 354 g/mol. The first kappa shape index (κ1) is 20.3. The van der Waals surface area contributed by atoms with Crippen molar-refractivity contribution in [2.24, 2.45) is 0 Å². The summed E-state index contributed by atoms with van der Waals surface area (Å²) >= 11 is 0. The van der Waals surface area contributed by atoms with E-state index in [0.29, 0.717) is 24.1 Å². The van der Waals surface area contributed by atoms with Gasteiger partial charge in [0.25, 0.3) is 5.91 Å². The van der Waals surface area contributed by atoms with Gasteiger partial charge in [0.15, 0.2) is 18.1 Å². The zero-order valence-corrected chi connectivity index (χ0v) is 15.6. The van der Waals surface area contributed by atoms with E-state index >= 15 is 0 Å². The van der Waals surface area contributed by atoms with E-state index in [1.165, 1.54) is 0 Å². The number of amides is 1. The fraction of sp³-hybridized carbons (Fsp3) is 0.500. The second kappa shape index (κ2) is 9.55. The molecule has 1 aliphatic heterocycles. The van der Waals surface area contributed by atoms with Crippen molar-refractivity contribution in [2.45, 2.75) is 32.9 Å². The molecule has 0 aliphatic carbocycles. The first-order valence-electron chi connectivity index (χ1n) is 8.03. The number of halogens is 1. The van der Waals surface area contributed by atoms with Crippen LogP contribution in [-0.2, 0) is 4.79 Å². The van der Waals surface area contributed by atoms with Crippen LogP contribution in [0.25, 0.3) is 6.08 Å². The number of hydrogen-bond acceptors (Lipinski definition) is 4. The lowest BCUT2D eigenvalue weighted by Gasteiger charge is -2.38. The van der Waals surface area contributed by atoms with Gasteiger partial charge in [-0.1, -0.05) is 18.2 Å². The molecule has 1 N–H and O–H groups in total. The van der Waals surface area contributed by atoms with Crippen molar-refractivity contribution < 1.29 is 14.3 Å². The van der Waals surface area contributed by atoms with E-state index in [4.69, 9.17) is 9.47 Å². The maximum absolute atomic E-state index is 12.4. The number of nitrogens with one attached hydrogen (secondary N) is 1. The maximum atomic E-state index is 12.4. The number of hydrogen-bond donors (Lipinski definition) is 1. The molecular formula is C18H27ClN2O3. The highest BCUT2D eigenvalue weighted by Gasteiger charge is 2.28. The maximum Gasteiger partial charge on any atom is 0.260 e. The molecule has 5 nitrogen and oxygen atoms in total. The predicted octanol–water partition coefficient (Wildman–Crippen LogP) is 2.74. The summed E-state index contributed by atoms with van der Waals surface area (Å²) in [6.07, 6.45) is 3.95. The molecule has 0 saturated carbocycles. The fourth-order valence-corrected chi connectivity index (χ4v) is 2.73. The van der Waals surface area contributed by atoms with Crippen LogP contribution in [0.1, 0.15) is 26.3 Å². The van der Waals surface area contributed by atoms with E-state index in [1.807, 2.05) is 42.2 Å². The number of carbonyl (C=O) groups is 1. The van der Waals surface area contributed by atoms with Crippen LogP contribution in [0.2, 0.25) is 0 Å². The summed E-state index contributed by atoms with van der Waals surface area (Å²) in [4.78, 5) is 14.3. The number of nitrogens with zero attached hydrogens (tertiary/aromatic N) is 1. The Kier molecular flexibility index (Phi) is 8.08. The number of piperazine rings is 1. The van der Waals surface area contributed by atoms with Gasteiger partial charge in [0, 0.05) is 25.2 Å². The fourth-order valence-electron chi connectivity index (χ4n) is 2.73. The SMILES string of the molecule is C/C=C/c1ccc(OCC(=O)N2CCNC(C)C2C)c(OC)c1.Cl. The van der Waals surface area contributed by atoms with E-state index in [1.54, 1.807) is 7.11 Å². The molecular weight excluding hydrogens is 328 g/mol. The lowest BCUT2D eigenvalue weighted by molar-refractivity contribution is -0.137. The van der Waals surface area contributed by atoms with Crippen molar-refractivity contribution in [3.05, 3.63) is 29.8 Å². The van der Waals surface area contributed by atoms with Crippen LogP contribution in [0.3, 0.4) is 0 Å². The Morgan fingerprint density at radius 1 is 1.38 bits per heavy atom. The van der Waals surface area contributed by atoms with Crippen molar-refractivity contribution in [3.8, 4) is 11.5 Å². The minimum atomic E-state index is 0. The van der Waals surface area contributed by atoms with E-state index in [9.17, 15) is 4.79 Å². The molecule has 1 aliphatic rings. The Morgan fingerprint density at radius 2 is 2.12 bits per heavy atom. The molecule has 0 radical (unpaired) electrons. The number of carbonyl (C=O) groups excluding carboxylic acids is 1.